The van der Waals surface area contributed by atoms with Gasteiger partial charge in [-0.15, -0.1) is 16.4 Å². The Balaban J connectivity index is 1.61. The molecule has 0 unspecified atom stereocenters. The molecule has 3 heterocycles. The number of amides is 1. The number of fused-ring (bicyclic) bond motifs is 1. The van der Waals surface area contributed by atoms with Crippen LogP contribution in [0, 0.1) is 13.8 Å². The Hall–Kier alpha value is -2.36. The number of nitrogens with one attached hydrogen (secondary N) is 1. The van der Waals surface area contributed by atoms with E-state index in [1.54, 1.807) is 23.9 Å². The molecule has 0 aliphatic rings. The molecule has 0 saturated carbocycles. The minimum atomic E-state index is -0.359. The van der Waals surface area contributed by atoms with E-state index in [9.17, 15) is 4.79 Å². The second kappa shape index (κ2) is 6.17. The van der Waals surface area contributed by atoms with E-state index in [0.717, 1.165) is 15.1 Å². The monoisotopic (exact) mass is 390 g/mol. The highest BCUT2D eigenvalue weighted by atomic mass is 35.5. The number of nitrogens with zero attached hydrogens (tertiary/aromatic N) is 5. The van der Waals surface area contributed by atoms with E-state index in [1.807, 2.05) is 19.1 Å². The number of anilines is 1. The first kappa shape index (κ1) is 16.1. The van der Waals surface area contributed by atoms with Gasteiger partial charge in [-0.2, -0.15) is 4.68 Å². The minimum absolute atomic E-state index is 0.241. The summed E-state index contributed by atoms with van der Waals surface area (Å²) in [7, 11) is 0. The highest BCUT2D eigenvalue weighted by molar-refractivity contribution is 7.22. The molecule has 0 radical (unpaired) electrons. The highest BCUT2D eigenvalue weighted by Gasteiger charge is 2.20. The van der Waals surface area contributed by atoms with Gasteiger partial charge in [-0.3, -0.25) is 10.1 Å². The van der Waals surface area contributed by atoms with Gasteiger partial charge >= 0.3 is 0 Å². The highest BCUT2D eigenvalue weighted by Crippen LogP contribution is 2.28. The van der Waals surface area contributed by atoms with E-state index < -0.39 is 0 Å². The summed E-state index contributed by atoms with van der Waals surface area (Å²) in [6, 6.07) is 5.40. The van der Waals surface area contributed by atoms with E-state index in [2.05, 4.69) is 25.6 Å². The van der Waals surface area contributed by atoms with Crippen molar-refractivity contribution in [3.05, 3.63) is 45.7 Å². The van der Waals surface area contributed by atoms with Crippen molar-refractivity contribution in [2.75, 3.05) is 5.32 Å². The number of aromatic nitrogens is 5. The van der Waals surface area contributed by atoms with Crippen molar-refractivity contribution >= 4 is 55.5 Å². The second-order valence-electron chi connectivity index (χ2n) is 5.27. The van der Waals surface area contributed by atoms with Crippen molar-refractivity contribution < 1.29 is 4.79 Å². The molecule has 0 bridgehead atoms. The number of carbonyl (C=O) groups excluding carboxylic acids is 1. The van der Waals surface area contributed by atoms with Gasteiger partial charge in [-0.25, -0.2) is 9.97 Å². The molecule has 0 atom stereocenters. The summed E-state index contributed by atoms with van der Waals surface area (Å²) in [6.07, 6.45) is 1.76. The maximum absolute atomic E-state index is 12.5. The third-order valence-corrected chi connectivity index (χ3v) is 5.53. The molecule has 1 aromatic carbocycles. The van der Waals surface area contributed by atoms with Crippen LogP contribution in [0.25, 0.3) is 15.3 Å². The van der Waals surface area contributed by atoms with Crippen LogP contribution in [0.2, 0.25) is 5.02 Å². The first-order valence-corrected chi connectivity index (χ1v) is 9.25. The lowest BCUT2D eigenvalue weighted by atomic mass is 10.3. The van der Waals surface area contributed by atoms with Crippen molar-refractivity contribution in [2.24, 2.45) is 0 Å². The van der Waals surface area contributed by atoms with Crippen LogP contribution >= 0.6 is 34.3 Å². The maximum atomic E-state index is 12.5. The number of hydrogen-bond acceptors (Lipinski definition) is 7. The van der Waals surface area contributed by atoms with Crippen LogP contribution in [0.4, 0.5) is 5.13 Å². The fraction of sp³-hybridized carbons (Fsp3) is 0.133. The molecule has 10 heteroatoms. The summed E-state index contributed by atoms with van der Waals surface area (Å²) in [6.45, 7) is 3.74. The fourth-order valence-electron chi connectivity index (χ4n) is 2.27. The van der Waals surface area contributed by atoms with Crippen LogP contribution in [-0.4, -0.2) is 30.9 Å². The summed E-state index contributed by atoms with van der Waals surface area (Å²) >= 11 is 8.82. The minimum Gasteiger partial charge on any atom is -0.296 e. The number of carbonyl (C=O) groups is 1. The standard InChI is InChI=1S/C15H11ClN6OS2/c1-7-6-17-15(24-7)22-8(2)12(20-21-22)13(23)19-14-18-10-4-3-9(16)5-11(10)25-14/h3-6H,1-2H3,(H,18,19,23). The third kappa shape index (κ3) is 3.01. The zero-order chi connectivity index (χ0) is 17.6. The van der Waals surface area contributed by atoms with Gasteiger partial charge in [-0.1, -0.05) is 28.2 Å². The van der Waals surface area contributed by atoms with Crippen molar-refractivity contribution in [3.63, 3.8) is 0 Å². The lowest BCUT2D eigenvalue weighted by molar-refractivity contribution is 0.102. The first-order chi connectivity index (χ1) is 12.0. The molecule has 1 N–H and O–H groups in total. The van der Waals surface area contributed by atoms with Crippen molar-refractivity contribution in [1.82, 2.24) is 25.0 Å². The summed E-state index contributed by atoms with van der Waals surface area (Å²) in [4.78, 5) is 22.2. The Morgan fingerprint density at radius 1 is 1.28 bits per heavy atom. The van der Waals surface area contributed by atoms with Gasteiger partial charge in [0, 0.05) is 16.1 Å². The Labute approximate surface area is 155 Å². The van der Waals surface area contributed by atoms with Crippen LogP contribution in [-0.2, 0) is 0 Å². The molecule has 0 saturated heterocycles. The number of rotatable bonds is 3. The Morgan fingerprint density at radius 3 is 2.88 bits per heavy atom. The molecule has 7 nitrogen and oxygen atoms in total. The van der Waals surface area contributed by atoms with Crippen molar-refractivity contribution in [2.45, 2.75) is 13.8 Å². The van der Waals surface area contributed by atoms with Crippen LogP contribution in [0.5, 0.6) is 0 Å². The SMILES string of the molecule is Cc1cnc(-n2nnc(C(=O)Nc3nc4ccc(Cl)cc4s3)c2C)s1. The van der Waals surface area contributed by atoms with Crippen LogP contribution in [0.15, 0.2) is 24.4 Å². The van der Waals surface area contributed by atoms with Gasteiger partial charge in [-0.05, 0) is 32.0 Å². The number of halogens is 1. The van der Waals surface area contributed by atoms with Crippen molar-refractivity contribution in [3.8, 4) is 5.13 Å². The van der Waals surface area contributed by atoms with Gasteiger partial charge in [0.1, 0.15) is 0 Å². The molecule has 126 valence electrons. The lowest BCUT2D eigenvalue weighted by Crippen LogP contribution is -2.14. The number of hydrogen-bond donors (Lipinski definition) is 1. The molecule has 25 heavy (non-hydrogen) atoms. The Morgan fingerprint density at radius 2 is 2.12 bits per heavy atom. The van der Waals surface area contributed by atoms with Gasteiger partial charge in [0.2, 0.25) is 5.13 Å². The summed E-state index contributed by atoms with van der Waals surface area (Å²) in [5, 5.41) is 12.6. The molecule has 0 fully saturated rings. The Kier molecular flexibility index (Phi) is 3.98. The molecular weight excluding hydrogens is 380 g/mol. The van der Waals surface area contributed by atoms with Crippen LogP contribution in [0.1, 0.15) is 21.1 Å². The molecule has 0 aliphatic heterocycles. The van der Waals surface area contributed by atoms with Gasteiger partial charge in [0.15, 0.2) is 10.8 Å². The smallest absolute Gasteiger partial charge is 0.279 e. The first-order valence-electron chi connectivity index (χ1n) is 7.24. The molecule has 3 aromatic heterocycles. The van der Waals surface area contributed by atoms with Gasteiger partial charge < -0.3 is 0 Å². The largest absolute Gasteiger partial charge is 0.296 e. The average Bonchev–Trinajstić information content (AvgIpc) is 3.25. The third-order valence-electron chi connectivity index (χ3n) is 3.47. The lowest BCUT2D eigenvalue weighted by Gasteiger charge is -2.00. The summed E-state index contributed by atoms with van der Waals surface area (Å²) in [5.74, 6) is -0.359. The predicted molar refractivity (Wildman–Crippen MR) is 99.1 cm³/mol. The summed E-state index contributed by atoms with van der Waals surface area (Å²) in [5.41, 5.74) is 1.64. The normalized spacial score (nSPS) is 11.2. The Bertz CT molecular complexity index is 1100. The number of benzene rings is 1. The van der Waals surface area contributed by atoms with E-state index >= 15 is 0 Å². The molecule has 0 aliphatic carbocycles. The fourth-order valence-corrected chi connectivity index (χ4v) is 4.17. The van der Waals surface area contributed by atoms with Crippen molar-refractivity contribution in [1.29, 1.82) is 0 Å². The maximum Gasteiger partial charge on any atom is 0.279 e. The predicted octanol–water partition coefficient (Wildman–Crippen LogP) is 3.86. The zero-order valence-electron chi connectivity index (χ0n) is 13.1. The molecule has 0 spiro atoms. The quantitative estimate of drug-likeness (QED) is 0.574. The molecule has 4 aromatic rings. The topological polar surface area (TPSA) is 85.6 Å². The number of aryl methyl sites for hydroxylation is 1. The van der Waals surface area contributed by atoms with Gasteiger partial charge in [0.05, 0.1) is 15.9 Å². The molecular formula is C15H11ClN6OS2. The molecule has 1 amide bonds. The van der Waals surface area contributed by atoms with E-state index in [-0.39, 0.29) is 11.6 Å². The van der Waals surface area contributed by atoms with E-state index in [4.69, 9.17) is 11.6 Å². The van der Waals surface area contributed by atoms with Gasteiger partial charge in [0.25, 0.3) is 5.91 Å². The second-order valence-corrected chi connectivity index (χ2v) is 7.95. The number of thiazole rings is 2. The van der Waals surface area contributed by atoms with Crippen LogP contribution in [0.3, 0.4) is 0 Å². The van der Waals surface area contributed by atoms with E-state index in [0.29, 0.717) is 21.0 Å². The summed E-state index contributed by atoms with van der Waals surface area (Å²) < 4.78 is 2.46. The average molecular weight is 391 g/mol. The van der Waals surface area contributed by atoms with E-state index in [1.165, 1.54) is 22.7 Å². The van der Waals surface area contributed by atoms with Crippen LogP contribution < -0.4 is 5.32 Å². The molecule has 4 rings (SSSR count). The zero-order valence-corrected chi connectivity index (χ0v) is 15.5.